The quantitative estimate of drug-likeness (QED) is 0.765. The summed E-state index contributed by atoms with van der Waals surface area (Å²) in [5.41, 5.74) is 8.14. The van der Waals surface area contributed by atoms with E-state index < -0.39 is 0 Å². The van der Waals surface area contributed by atoms with Crippen molar-refractivity contribution in [3.05, 3.63) is 18.2 Å². The van der Waals surface area contributed by atoms with Crippen LogP contribution >= 0.6 is 0 Å². The van der Waals surface area contributed by atoms with Gasteiger partial charge in [-0.1, -0.05) is 6.07 Å². The molecule has 0 spiro atoms. The number of piperazine rings is 1. The van der Waals surface area contributed by atoms with Crippen molar-refractivity contribution in [2.75, 3.05) is 43.9 Å². The van der Waals surface area contributed by atoms with Gasteiger partial charge in [-0.3, -0.25) is 5.10 Å². The molecular formula is C12H17N5. The molecule has 1 saturated heterocycles. The van der Waals surface area contributed by atoms with E-state index in [4.69, 9.17) is 5.73 Å². The van der Waals surface area contributed by atoms with Crippen LogP contribution in [-0.2, 0) is 0 Å². The number of aromatic nitrogens is 2. The highest BCUT2D eigenvalue weighted by Gasteiger charge is 2.18. The Labute approximate surface area is 100 Å². The minimum absolute atomic E-state index is 0.592. The van der Waals surface area contributed by atoms with E-state index in [0.717, 1.165) is 37.1 Å². The minimum atomic E-state index is 0.592. The number of aromatic amines is 1. The van der Waals surface area contributed by atoms with Crippen molar-refractivity contribution in [3.63, 3.8) is 0 Å². The normalized spacial score (nSPS) is 17.8. The van der Waals surface area contributed by atoms with Crippen molar-refractivity contribution in [1.29, 1.82) is 0 Å². The van der Waals surface area contributed by atoms with Crippen molar-refractivity contribution in [1.82, 2.24) is 15.1 Å². The molecule has 0 radical (unpaired) electrons. The molecular weight excluding hydrogens is 214 g/mol. The largest absolute Gasteiger partial charge is 0.382 e. The van der Waals surface area contributed by atoms with Crippen LogP contribution in [0.15, 0.2) is 18.2 Å². The standard InChI is InChI=1S/C12H17N5/c1-16-5-7-17(8-6-16)10-4-2-3-9-11(10)12(13)15-14-9/h2-4H,5-8H2,1H3,(H3,13,14,15). The van der Waals surface area contributed by atoms with E-state index in [1.807, 2.05) is 12.1 Å². The lowest BCUT2D eigenvalue weighted by Gasteiger charge is -2.34. The molecule has 1 aliphatic rings. The Hall–Kier alpha value is -1.75. The van der Waals surface area contributed by atoms with Crippen molar-refractivity contribution < 1.29 is 0 Å². The number of likely N-dealkylation sites (N-methyl/N-ethyl adjacent to an activating group) is 1. The number of H-pyrrole nitrogens is 1. The van der Waals surface area contributed by atoms with Crippen molar-refractivity contribution in [3.8, 4) is 0 Å². The molecule has 0 amide bonds. The Bertz CT molecular complexity index is 525. The average Bonchev–Trinajstić information content (AvgIpc) is 2.73. The number of nitrogens with zero attached hydrogens (tertiary/aromatic N) is 3. The summed E-state index contributed by atoms with van der Waals surface area (Å²) in [6.07, 6.45) is 0. The molecule has 1 fully saturated rings. The van der Waals surface area contributed by atoms with Crippen molar-refractivity contribution in [2.45, 2.75) is 0 Å². The highest BCUT2D eigenvalue weighted by molar-refractivity contribution is 5.99. The number of nitrogens with two attached hydrogens (primary N) is 1. The Balaban J connectivity index is 2.02. The molecule has 2 aromatic rings. The Morgan fingerprint density at radius 3 is 2.76 bits per heavy atom. The van der Waals surface area contributed by atoms with Gasteiger partial charge in [0.2, 0.25) is 0 Å². The smallest absolute Gasteiger partial charge is 0.155 e. The SMILES string of the molecule is CN1CCN(c2cccc3[nH]nc(N)c23)CC1. The predicted molar refractivity (Wildman–Crippen MR) is 70.2 cm³/mol. The zero-order valence-electron chi connectivity index (χ0n) is 9.98. The maximum absolute atomic E-state index is 5.93. The molecule has 0 saturated carbocycles. The summed E-state index contributed by atoms with van der Waals surface area (Å²) in [5.74, 6) is 0.592. The highest BCUT2D eigenvalue weighted by atomic mass is 15.3. The summed E-state index contributed by atoms with van der Waals surface area (Å²) >= 11 is 0. The zero-order valence-corrected chi connectivity index (χ0v) is 9.98. The van der Waals surface area contributed by atoms with E-state index in [0.29, 0.717) is 5.82 Å². The van der Waals surface area contributed by atoms with E-state index in [-0.39, 0.29) is 0 Å². The summed E-state index contributed by atoms with van der Waals surface area (Å²) < 4.78 is 0. The zero-order chi connectivity index (χ0) is 11.8. The summed E-state index contributed by atoms with van der Waals surface area (Å²) in [5, 5.41) is 8.10. The first-order valence-electron chi connectivity index (χ1n) is 5.92. The molecule has 5 heteroatoms. The maximum Gasteiger partial charge on any atom is 0.155 e. The van der Waals surface area contributed by atoms with Crippen molar-refractivity contribution >= 4 is 22.4 Å². The van der Waals surface area contributed by atoms with E-state index in [1.54, 1.807) is 0 Å². The molecule has 1 aromatic carbocycles. The molecule has 17 heavy (non-hydrogen) atoms. The van der Waals surface area contributed by atoms with Gasteiger partial charge < -0.3 is 15.5 Å². The first-order chi connectivity index (χ1) is 8.25. The number of nitrogen functional groups attached to an aromatic ring is 1. The van der Waals surface area contributed by atoms with Gasteiger partial charge in [0.25, 0.3) is 0 Å². The van der Waals surface area contributed by atoms with Crippen LogP contribution in [-0.4, -0.2) is 48.3 Å². The summed E-state index contributed by atoms with van der Waals surface area (Å²) in [7, 11) is 2.16. The number of benzene rings is 1. The molecule has 0 bridgehead atoms. The Kier molecular flexibility index (Phi) is 2.40. The molecule has 0 atom stereocenters. The fourth-order valence-corrected chi connectivity index (χ4v) is 2.39. The summed E-state index contributed by atoms with van der Waals surface area (Å²) in [6.45, 7) is 4.27. The second-order valence-electron chi connectivity index (χ2n) is 4.60. The lowest BCUT2D eigenvalue weighted by molar-refractivity contribution is 0.313. The van der Waals surface area contributed by atoms with Gasteiger partial charge in [-0.2, -0.15) is 5.10 Å². The van der Waals surface area contributed by atoms with E-state index in [9.17, 15) is 0 Å². The number of rotatable bonds is 1. The number of nitrogens with one attached hydrogen (secondary N) is 1. The molecule has 1 aromatic heterocycles. The monoisotopic (exact) mass is 231 g/mol. The third-order valence-electron chi connectivity index (χ3n) is 3.44. The number of hydrogen-bond acceptors (Lipinski definition) is 4. The molecule has 1 aliphatic heterocycles. The predicted octanol–water partition coefficient (Wildman–Crippen LogP) is 0.897. The number of fused-ring (bicyclic) bond motifs is 1. The molecule has 0 unspecified atom stereocenters. The minimum Gasteiger partial charge on any atom is -0.382 e. The molecule has 0 aliphatic carbocycles. The van der Waals surface area contributed by atoms with Crippen molar-refractivity contribution in [2.24, 2.45) is 0 Å². The van der Waals surface area contributed by atoms with Crippen LogP contribution in [0, 0.1) is 0 Å². The van der Waals surface area contributed by atoms with Gasteiger partial charge in [0.15, 0.2) is 5.82 Å². The number of hydrogen-bond donors (Lipinski definition) is 2. The van der Waals surface area contributed by atoms with Gasteiger partial charge in [0, 0.05) is 26.2 Å². The average molecular weight is 231 g/mol. The van der Waals surface area contributed by atoms with E-state index >= 15 is 0 Å². The topological polar surface area (TPSA) is 61.2 Å². The third kappa shape index (κ3) is 1.72. The molecule has 90 valence electrons. The number of anilines is 2. The maximum atomic E-state index is 5.93. The highest BCUT2D eigenvalue weighted by Crippen LogP contribution is 2.30. The fourth-order valence-electron chi connectivity index (χ4n) is 2.39. The second kappa shape index (κ2) is 3.92. The van der Waals surface area contributed by atoms with Crippen LogP contribution < -0.4 is 10.6 Å². The Morgan fingerprint density at radius 1 is 1.24 bits per heavy atom. The lowest BCUT2D eigenvalue weighted by Crippen LogP contribution is -2.44. The third-order valence-corrected chi connectivity index (χ3v) is 3.44. The van der Waals surface area contributed by atoms with E-state index in [2.05, 4.69) is 33.1 Å². The van der Waals surface area contributed by atoms with Crippen LogP contribution in [0.1, 0.15) is 0 Å². The first-order valence-corrected chi connectivity index (χ1v) is 5.92. The van der Waals surface area contributed by atoms with Crippen LogP contribution in [0.2, 0.25) is 0 Å². The molecule has 5 nitrogen and oxygen atoms in total. The van der Waals surface area contributed by atoms with Crippen LogP contribution in [0.25, 0.3) is 10.9 Å². The van der Waals surface area contributed by atoms with Gasteiger partial charge in [-0.15, -0.1) is 0 Å². The van der Waals surface area contributed by atoms with Gasteiger partial charge in [-0.05, 0) is 19.2 Å². The van der Waals surface area contributed by atoms with Gasteiger partial charge in [0.1, 0.15) is 0 Å². The van der Waals surface area contributed by atoms with Gasteiger partial charge in [-0.25, -0.2) is 0 Å². The fraction of sp³-hybridized carbons (Fsp3) is 0.417. The molecule has 3 rings (SSSR count). The van der Waals surface area contributed by atoms with Crippen LogP contribution in [0.5, 0.6) is 0 Å². The molecule has 3 N–H and O–H groups in total. The van der Waals surface area contributed by atoms with Gasteiger partial charge >= 0.3 is 0 Å². The van der Waals surface area contributed by atoms with Gasteiger partial charge in [0.05, 0.1) is 16.6 Å². The van der Waals surface area contributed by atoms with Crippen LogP contribution in [0.4, 0.5) is 11.5 Å². The summed E-state index contributed by atoms with van der Waals surface area (Å²) in [6, 6.07) is 6.19. The first kappa shape index (κ1) is 10.4. The lowest BCUT2D eigenvalue weighted by atomic mass is 10.1. The van der Waals surface area contributed by atoms with Crippen LogP contribution in [0.3, 0.4) is 0 Å². The summed E-state index contributed by atoms with van der Waals surface area (Å²) in [4.78, 5) is 4.73. The molecule has 2 heterocycles. The second-order valence-corrected chi connectivity index (χ2v) is 4.60. The Morgan fingerprint density at radius 2 is 2.00 bits per heavy atom. The van der Waals surface area contributed by atoms with E-state index in [1.165, 1.54) is 5.69 Å².